The number of hydrogen-bond acceptors (Lipinski definition) is 3. The second-order valence-corrected chi connectivity index (χ2v) is 5.54. The highest BCUT2D eigenvalue weighted by Crippen LogP contribution is 2.23. The van der Waals surface area contributed by atoms with Crippen molar-refractivity contribution in [1.29, 1.82) is 0 Å². The fourth-order valence-corrected chi connectivity index (χ4v) is 2.47. The van der Waals surface area contributed by atoms with Crippen LogP contribution in [0.3, 0.4) is 0 Å². The Morgan fingerprint density at radius 2 is 1.83 bits per heavy atom. The first-order chi connectivity index (χ1) is 11.2. The summed E-state index contributed by atoms with van der Waals surface area (Å²) in [6.07, 6.45) is 3.67. The molecule has 0 unspecified atom stereocenters. The SMILES string of the molecule is COC1CN(c2ccc(NC(=O)C=Cc3ccccc3)cc2)C1. The average Bonchev–Trinajstić information content (AvgIpc) is 2.54. The Labute approximate surface area is 136 Å². The predicted molar refractivity (Wildman–Crippen MR) is 93.6 cm³/mol. The van der Waals surface area contributed by atoms with Crippen molar-refractivity contribution in [2.24, 2.45) is 0 Å². The number of carbonyl (C=O) groups is 1. The number of anilines is 2. The van der Waals surface area contributed by atoms with Gasteiger partial charge in [0.15, 0.2) is 0 Å². The van der Waals surface area contributed by atoms with Crippen LogP contribution in [0.4, 0.5) is 11.4 Å². The first-order valence-corrected chi connectivity index (χ1v) is 7.66. The minimum absolute atomic E-state index is 0.134. The summed E-state index contributed by atoms with van der Waals surface area (Å²) < 4.78 is 5.27. The van der Waals surface area contributed by atoms with Crippen LogP contribution < -0.4 is 10.2 Å². The number of rotatable bonds is 5. The van der Waals surface area contributed by atoms with Gasteiger partial charge in [0.2, 0.25) is 5.91 Å². The van der Waals surface area contributed by atoms with Crippen molar-refractivity contribution in [2.75, 3.05) is 30.4 Å². The zero-order chi connectivity index (χ0) is 16.1. The highest BCUT2D eigenvalue weighted by atomic mass is 16.5. The van der Waals surface area contributed by atoms with Gasteiger partial charge in [0.25, 0.3) is 0 Å². The fraction of sp³-hybridized carbons (Fsp3) is 0.211. The Kier molecular flexibility index (Phi) is 4.74. The monoisotopic (exact) mass is 308 g/mol. The van der Waals surface area contributed by atoms with Crippen LogP contribution in [0, 0.1) is 0 Å². The summed E-state index contributed by atoms with van der Waals surface area (Å²) in [4.78, 5) is 14.2. The molecule has 1 N–H and O–H groups in total. The van der Waals surface area contributed by atoms with Gasteiger partial charge in [-0.1, -0.05) is 30.3 Å². The summed E-state index contributed by atoms with van der Waals surface area (Å²) in [6.45, 7) is 1.84. The molecule has 1 aliphatic rings. The van der Waals surface area contributed by atoms with Crippen molar-refractivity contribution in [3.8, 4) is 0 Å². The highest BCUT2D eigenvalue weighted by Gasteiger charge is 2.26. The van der Waals surface area contributed by atoms with E-state index < -0.39 is 0 Å². The highest BCUT2D eigenvalue weighted by molar-refractivity contribution is 6.02. The van der Waals surface area contributed by atoms with Crippen LogP contribution in [0.15, 0.2) is 60.7 Å². The van der Waals surface area contributed by atoms with Gasteiger partial charge in [-0.05, 0) is 35.9 Å². The maximum Gasteiger partial charge on any atom is 0.248 e. The van der Waals surface area contributed by atoms with Gasteiger partial charge >= 0.3 is 0 Å². The third-order valence-electron chi connectivity index (χ3n) is 3.91. The van der Waals surface area contributed by atoms with Crippen LogP contribution in [0.1, 0.15) is 5.56 Å². The number of benzene rings is 2. The van der Waals surface area contributed by atoms with E-state index in [-0.39, 0.29) is 5.91 Å². The lowest BCUT2D eigenvalue weighted by molar-refractivity contribution is -0.111. The van der Waals surface area contributed by atoms with Gasteiger partial charge in [0.05, 0.1) is 6.10 Å². The number of methoxy groups -OCH3 is 1. The third-order valence-corrected chi connectivity index (χ3v) is 3.91. The van der Waals surface area contributed by atoms with Crippen molar-refractivity contribution >= 4 is 23.4 Å². The molecule has 0 atom stereocenters. The second kappa shape index (κ2) is 7.11. The maximum absolute atomic E-state index is 11.9. The largest absolute Gasteiger partial charge is 0.378 e. The zero-order valence-electron chi connectivity index (χ0n) is 13.1. The lowest BCUT2D eigenvalue weighted by Crippen LogP contribution is -2.51. The molecule has 0 saturated carbocycles. The molecule has 0 aromatic heterocycles. The van der Waals surface area contributed by atoms with Crippen molar-refractivity contribution in [2.45, 2.75) is 6.10 Å². The van der Waals surface area contributed by atoms with Gasteiger partial charge in [-0.15, -0.1) is 0 Å². The van der Waals surface area contributed by atoms with E-state index in [1.54, 1.807) is 19.3 Å². The number of nitrogens with one attached hydrogen (secondary N) is 1. The van der Waals surface area contributed by atoms with Gasteiger partial charge in [0, 0.05) is 37.7 Å². The van der Waals surface area contributed by atoms with E-state index in [0.717, 1.165) is 30.0 Å². The molecular formula is C19H20N2O2. The first kappa shape index (κ1) is 15.3. The molecule has 2 aromatic rings. The quantitative estimate of drug-likeness (QED) is 0.863. The van der Waals surface area contributed by atoms with Gasteiger partial charge in [-0.25, -0.2) is 0 Å². The lowest BCUT2D eigenvalue weighted by atomic mass is 10.1. The number of hydrogen-bond donors (Lipinski definition) is 1. The summed E-state index contributed by atoms with van der Waals surface area (Å²) in [5, 5.41) is 2.87. The Hall–Kier alpha value is -2.59. The van der Waals surface area contributed by atoms with Crippen LogP contribution >= 0.6 is 0 Å². The smallest absolute Gasteiger partial charge is 0.248 e. The molecule has 1 heterocycles. The van der Waals surface area contributed by atoms with Crippen LogP contribution in [0.5, 0.6) is 0 Å². The predicted octanol–water partition coefficient (Wildman–Crippen LogP) is 3.17. The van der Waals surface area contributed by atoms with Gasteiger partial charge in [-0.2, -0.15) is 0 Å². The molecule has 1 amide bonds. The standard InChI is InChI=1S/C19H20N2O2/c1-23-18-13-21(14-18)17-10-8-16(9-11-17)20-19(22)12-7-15-5-3-2-4-6-15/h2-12,18H,13-14H2,1H3,(H,20,22). The van der Waals surface area contributed by atoms with E-state index in [1.807, 2.05) is 54.6 Å². The van der Waals surface area contributed by atoms with Crippen LogP contribution in [-0.2, 0) is 9.53 Å². The molecule has 0 bridgehead atoms. The molecule has 118 valence electrons. The minimum Gasteiger partial charge on any atom is -0.378 e. The Morgan fingerprint density at radius 3 is 2.48 bits per heavy atom. The molecule has 0 aliphatic carbocycles. The average molecular weight is 308 g/mol. The van der Waals surface area contributed by atoms with Crippen molar-refractivity contribution in [3.05, 3.63) is 66.2 Å². The number of amides is 1. The summed E-state index contributed by atoms with van der Waals surface area (Å²) >= 11 is 0. The maximum atomic E-state index is 11.9. The zero-order valence-corrected chi connectivity index (χ0v) is 13.1. The third kappa shape index (κ3) is 3.99. The Balaban J connectivity index is 1.54. The molecule has 4 heteroatoms. The van der Waals surface area contributed by atoms with E-state index >= 15 is 0 Å². The van der Waals surface area contributed by atoms with E-state index in [0.29, 0.717) is 6.10 Å². The normalized spacial score (nSPS) is 14.7. The van der Waals surface area contributed by atoms with E-state index in [2.05, 4.69) is 10.2 Å². The van der Waals surface area contributed by atoms with Crippen LogP contribution in [0.2, 0.25) is 0 Å². The molecule has 3 rings (SSSR count). The van der Waals surface area contributed by atoms with E-state index in [4.69, 9.17) is 4.74 Å². The lowest BCUT2D eigenvalue weighted by Gasteiger charge is -2.40. The summed E-state index contributed by atoms with van der Waals surface area (Å²) in [5.74, 6) is -0.134. The molecule has 4 nitrogen and oxygen atoms in total. The molecule has 23 heavy (non-hydrogen) atoms. The van der Waals surface area contributed by atoms with Crippen molar-refractivity contribution in [3.63, 3.8) is 0 Å². The molecule has 1 saturated heterocycles. The molecule has 0 spiro atoms. The van der Waals surface area contributed by atoms with E-state index in [9.17, 15) is 4.79 Å². The van der Waals surface area contributed by atoms with E-state index in [1.165, 1.54) is 0 Å². The molecule has 1 fully saturated rings. The van der Waals surface area contributed by atoms with Crippen LogP contribution in [-0.4, -0.2) is 32.2 Å². The van der Waals surface area contributed by atoms with Gasteiger partial charge < -0.3 is 15.0 Å². The molecule has 1 aliphatic heterocycles. The molecular weight excluding hydrogens is 288 g/mol. The fourth-order valence-electron chi connectivity index (χ4n) is 2.47. The van der Waals surface area contributed by atoms with Gasteiger partial charge in [-0.3, -0.25) is 4.79 Å². The first-order valence-electron chi connectivity index (χ1n) is 7.66. The number of carbonyl (C=O) groups excluding carboxylic acids is 1. The van der Waals surface area contributed by atoms with Crippen molar-refractivity contribution in [1.82, 2.24) is 0 Å². The molecule has 2 aromatic carbocycles. The Morgan fingerprint density at radius 1 is 1.13 bits per heavy atom. The minimum atomic E-state index is -0.134. The topological polar surface area (TPSA) is 41.6 Å². The van der Waals surface area contributed by atoms with Gasteiger partial charge in [0.1, 0.15) is 0 Å². The van der Waals surface area contributed by atoms with Crippen molar-refractivity contribution < 1.29 is 9.53 Å². The summed E-state index contributed by atoms with van der Waals surface area (Å²) in [7, 11) is 1.74. The number of nitrogens with zero attached hydrogens (tertiary/aromatic N) is 1. The number of ether oxygens (including phenoxy) is 1. The Bertz CT molecular complexity index is 674. The second-order valence-electron chi connectivity index (χ2n) is 5.54. The summed E-state index contributed by atoms with van der Waals surface area (Å²) in [5.41, 5.74) is 2.94. The van der Waals surface area contributed by atoms with Crippen LogP contribution in [0.25, 0.3) is 6.08 Å². The molecule has 0 radical (unpaired) electrons. The summed E-state index contributed by atoms with van der Waals surface area (Å²) in [6, 6.07) is 17.6.